The normalized spacial score (nSPS) is 11.3. The van der Waals surface area contributed by atoms with Crippen LogP contribution in [-0.4, -0.2) is 101 Å². The van der Waals surface area contributed by atoms with Crippen molar-refractivity contribution in [2.45, 2.75) is 0 Å². The molecule has 8 rings (SSSR count). The van der Waals surface area contributed by atoms with Crippen LogP contribution in [0.4, 0.5) is 0 Å². The fourth-order valence-corrected chi connectivity index (χ4v) is 5.19. The number of methoxy groups -OCH3 is 2. The molecule has 1 unspecified atom stereocenters. The van der Waals surface area contributed by atoms with Gasteiger partial charge in [-0.15, -0.1) is 0 Å². The van der Waals surface area contributed by atoms with Gasteiger partial charge in [-0.2, -0.15) is 10.5 Å². The van der Waals surface area contributed by atoms with E-state index in [0.717, 1.165) is 44.7 Å². The van der Waals surface area contributed by atoms with Crippen LogP contribution in [0, 0.1) is 26.2 Å². The molecular weight excluding hydrogens is 900 g/mol. The number of rotatable bonds is 4. The molecule has 4 heterocycles. The molecule has 0 amide bonds. The predicted octanol–water partition coefficient (Wildman–Crippen LogP) is 1.85. The van der Waals surface area contributed by atoms with E-state index in [4.69, 9.17) is 48.4 Å². The zero-order valence-corrected chi connectivity index (χ0v) is 41.7. The van der Waals surface area contributed by atoms with Crippen LogP contribution in [0.25, 0.3) is 27.5 Å². The summed E-state index contributed by atoms with van der Waals surface area (Å²) < 4.78 is 46.0. The Morgan fingerprint density at radius 1 is 0.811 bits per heavy atom. The molecular formula is C34H25IK3N4O10P. The number of aromatic amines is 1. The summed E-state index contributed by atoms with van der Waals surface area (Å²) in [7, 11) is 0.148. The Hall–Kier alpha value is -0.641. The Balaban J connectivity index is 0.000000210. The number of ether oxygens (including phenoxy) is 6. The molecule has 14 nitrogen and oxygen atoms in total. The number of hydrogen-bond acceptors (Lipinski definition) is 12. The van der Waals surface area contributed by atoms with Crippen LogP contribution < -0.4 is 90.0 Å². The van der Waals surface area contributed by atoms with Crippen LogP contribution in [0.5, 0.6) is 34.5 Å². The first-order valence-electron chi connectivity index (χ1n) is 15.3. The van der Waals surface area contributed by atoms with Crippen molar-refractivity contribution in [2.75, 3.05) is 27.8 Å². The van der Waals surface area contributed by atoms with Crippen LogP contribution in [0.3, 0.4) is 0 Å². The number of hydrogen-bond donors (Lipinski definition) is 1. The standard InChI is InChI=1S/C17H12N2O3.C10H6N2O2.C7H7IO.3K.HO4P/c1-20-13-4-2-12(3-5-13)19-9-11(8-18)14-6-16-17(7-15(14)19)22-10-21-16;11-3-6-4-12-8-2-10-9(1-7(6)8)13-5-14-10;1-9-7-4-2-6(8)3-5-7;;;;1-4-5(2)3/h2-7,9H,10H2,1H3;1-2,4,12H,5H2;2-5H,1H3;;;;1H/q;;;;;+1;/p-1. The van der Waals surface area contributed by atoms with Crippen molar-refractivity contribution >= 4 is 116 Å². The molecule has 0 saturated heterocycles. The Morgan fingerprint density at radius 3 is 1.77 bits per heavy atom. The Kier molecular flexibility index (Phi) is 21.3. The third-order valence-electron chi connectivity index (χ3n) is 7.18. The van der Waals surface area contributed by atoms with Gasteiger partial charge in [-0.3, -0.25) is 0 Å². The number of benzene rings is 4. The van der Waals surface area contributed by atoms with Gasteiger partial charge in [0.25, 0.3) is 0 Å². The van der Waals surface area contributed by atoms with Crippen molar-refractivity contribution in [3.8, 4) is 52.3 Å². The molecule has 2 aromatic heterocycles. The summed E-state index contributed by atoms with van der Waals surface area (Å²) in [5.41, 5.74) is 3.98. The third-order valence-corrected chi connectivity index (χ3v) is 8.02. The van der Waals surface area contributed by atoms with Crippen molar-refractivity contribution in [3.63, 3.8) is 0 Å². The van der Waals surface area contributed by atoms with Gasteiger partial charge in [0, 0.05) is 44.6 Å². The Morgan fingerprint density at radius 2 is 1.28 bits per heavy atom. The van der Waals surface area contributed by atoms with Gasteiger partial charge >= 0.3 is 123 Å². The molecule has 0 radical (unpaired) electrons. The molecule has 0 saturated carbocycles. The van der Waals surface area contributed by atoms with Crippen LogP contribution >= 0.6 is 30.8 Å². The maximum absolute atomic E-state index is 9.37. The van der Waals surface area contributed by atoms with E-state index in [0.29, 0.717) is 28.4 Å². The molecule has 1 atom stereocenters. The van der Waals surface area contributed by atoms with Crippen LogP contribution in [-0.2, 0) is 9.24 Å². The molecule has 0 aliphatic carbocycles. The van der Waals surface area contributed by atoms with E-state index in [1.807, 2.05) is 83.6 Å². The summed E-state index contributed by atoms with van der Waals surface area (Å²) in [6.07, 6.45) is 3.50. The molecule has 256 valence electrons. The monoisotopic (exact) mass is 924 g/mol. The zero-order valence-electron chi connectivity index (χ0n) is 29.2. The van der Waals surface area contributed by atoms with Gasteiger partial charge in [-0.1, -0.05) is 0 Å². The molecule has 2 aliphatic heterocycles. The van der Waals surface area contributed by atoms with Crippen LogP contribution in [0.15, 0.2) is 85.2 Å². The number of aromatic nitrogens is 2. The van der Waals surface area contributed by atoms with E-state index < -0.39 is 8.25 Å². The number of fused-ring (bicyclic) bond motifs is 4. The van der Waals surface area contributed by atoms with Gasteiger partial charge in [-0.25, -0.2) is 4.67 Å². The molecule has 4 aromatic carbocycles. The van der Waals surface area contributed by atoms with E-state index >= 15 is 0 Å². The topological polar surface area (TPSA) is 196 Å². The second-order valence-corrected chi connectivity index (χ2v) is 11.8. The van der Waals surface area contributed by atoms with E-state index in [9.17, 15) is 5.26 Å². The minimum absolute atomic E-state index is 0. The fraction of sp³-hybridized carbons (Fsp3) is 0.118. The summed E-state index contributed by atoms with van der Waals surface area (Å²) in [6, 6.07) is 27.4. The van der Waals surface area contributed by atoms with Gasteiger partial charge in [0.2, 0.25) is 13.6 Å². The number of nitrogens with zero attached hydrogens (tertiary/aromatic N) is 3. The zero-order chi connectivity index (χ0) is 37.6. The number of nitriles is 2. The second-order valence-electron chi connectivity index (χ2n) is 9.97. The second kappa shape index (κ2) is 24.2. The molecule has 0 spiro atoms. The molecule has 53 heavy (non-hydrogen) atoms. The summed E-state index contributed by atoms with van der Waals surface area (Å²) in [6.45, 7) is 0.468. The average Bonchev–Trinajstić information content (AvgIpc) is 4.00. The number of halogens is 1. The van der Waals surface area contributed by atoms with Gasteiger partial charge in [-0.05, 0) is 87.8 Å². The first-order chi connectivity index (χ1) is 25.3. The van der Waals surface area contributed by atoms with Crippen LogP contribution in [0.1, 0.15) is 11.1 Å². The maximum atomic E-state index is 9.37. The van der Waals surface area contributed by atoms with E-state index in [2.05, 4.69) is 44.4 Å². The first kappa shape index (κ1) is 46.7. The molecule has 6 aromatic rings. The summed E-state index contributed by atoms with van der Waals surface area (Å²) >= 11 is 4.76. The van der Waals surface area contributed by atoms with E-state index in [-0.39, 0.29) is 65.0 Å². The van der Waals surface area contributed by atoms with E-state index in [1.165, 1.54) is 66.7 Å². The SMILES string of the molecule is COc1ccc(-n2cc(C#N)c3cc4c(cc32)OCO4)cc1.COc1ccc(I)cc1.N#Cc1c[nH]c2cc3c(cc12)OCO3.O=[P+]([O-])O[O-].[K+].[K][K]. The summed E-state index contributed by atoms with van der Waals surface area (Å²) in [5.74, 6) is 4.51. The minimum atomic E-state index is -3.15. The molecule has 0 bridgehead atoms. The molecule has 1 N–H and O–H groups in total. The fourth-order valence-electron chi connectivity index (χ4n) is 4.84. The van der Waals surface area contributed by atoms with Crippen molar-refractivity contribution < 1.29 is 99.2 Å². The van der Waals surface area contributed by atoms with E-state index in [1.54, 1.807) is 20.4 Å². The average molecular weight is 925 g/mol. The quantitative estimate of drug-likeness (QED) is 0.0888. The van der Waals surface area contributed by atoms with Gasteiger partial charge in [0.15, 0.2) is 23.0 Å². The molecule has 2 aliphatic rings. The van der Waals surface area contributed by atoms with Crippen molar-refractivity contribution in [1.29, 1.82) is 10.5 Å². The van der Waals surface area contributed by atoms with Crippen molar-refractivity contribution in [2.24, 2.45) is 0 Å². The van der Waals surface area contributed by atoms with Crippen LogP contribution in [0.2, 0.25) is 0 Å². The van der Waals surface area contributed by atoms with Gasteiger partial charge < -0.3 is 48.1 Å². The predicted molar refractivity (Wildman–Crippen MR) is 196 cm³/mol. The summed E-state index contributed by atoms with van der Waals surface area (Å²) in [4.78, 5) is 11.9. The Bertz CT molecular complexity index is 2220. The van der Waals surface area contributed by atoms with Gasteiger partial charge in [0.05, 0.1) is 36.4 Å². The third kappa shape index (κ3) is 12.9. The summed E-state index contributed by atoms with van der Waals surface area (Å²) in [5, 5.41) is 28.5. The first-order valence-corrected chi connectivity index (χ1v) is 33.5. The molecule has 19 heteroatoms. The van der Waals surface area contributed by atoms with Crippen molar-refractivity contribution in [1.82, 2.24) is 9.55 Å². The number of H-pyrrole nitrogens is 1. The Labute approximate surface area is 406 Å². The van der Waals surface area contributed by atoms with Crippen molar-refractivity contribution in [3.05, 3.63) is 99.9 Å². The number of nitrogens with one attached hydrogen (secondary N) is 1. The molecule has 0 fully saturated rings. The van der Waals surface area contributed by atoms with Gasteiger partial charge in [0.1, 0.15) is 23.6 Å².